The molecule has 3 N–H and O–H groups in total. The van der Waals surface area contributed by atoms with E-state index in [0.29, 0.717) is 11.5 Å². The minimum atomic E-state index is 0.0561. The van der Waals surface area contributed by atoms with Crippen molar-refractivity contribution >= 4 is 17.4 Å². The Labute approximate surface area is 108 Å². The molecule has 5 nitrogen and oxygen atoms in total. The number of hydrogen-bond donors (Lipinski definition) is 2. The van der Waals surface area contributed by atoms with Gasteiger partial charge in [0, 0.05) is 13.0 Å². The molecule has 1 atom stereocenters. The average molecular weight is 250 g/mol. The Balaban J connectivity index is 2.12. The first-order chi connectivity index (χ1) is 8.42. The highest BCUT2D eigenvalue weighted by Crippen LogP contribution is 2.41. The lowest BCUT2D eigenvalue weighted by Crippen LogP contribution is -2.37. The Morgan fingerprint density at radius 3 is 2.83 bits per heavy atom. The minimum Gasteiger partial charge on any atom is -0.394 e. The molecule has 0 saturated heterocycles. The summed E-state index contributed by atoms with van der Waals surface area (Å²) in [5, 5.41) is 6.95. The highest BCUT2D eigenvalue weighted by molar-refractivity contribution is 5.94. The zero-order chi connectivity index (χ0) is 13.3. The number of amides is 1. The summed E-state index contributed by atoms with van der Waals surface area (Å²) in [6.07, 6.45) is 5.96. The van der Waals surface area contributed by atoms with E-state index in [4.69, 9.17) is 5.73 Å². The number of hydrogen-bond acceptors (Lipinski definition) is 3. The normalized spacial score (nSPS) is 22.7. The van der Waals surface area contributed by atoms with Gasteiger partial charge in [-0.15, -0.1) is 0 Å². The SMILES string of the molecule is Cn1ncc(N)c1NC(=O)C1CCCCC1(C)C. The molecule has 18 heavy (non-hydrogen) atoms. The van der Waals surface area contributed by atoms with Crippen LogP contribution < -0.4 is 11.1 Å². The van der Waals surface area contributed by atoms with Gasteiger partial charge in [-0.2, -0.15) is 5.10 Å². The summed E-state index contributed by atoms with van der Waals surface area (Å²) in [6, 6.07) is 0. The average Bonchev–Trinajstić information content (AvgIpc) is 2.60. The van der Waals surface area contributed by atoms with Crippen LogP contribution in [0.3, 0.4) is 0 Å². The topological polar surface area (TPSA) is 72.9 Å². The summed E-state index contributed by atoms with van der Waals surface area (Å²) in [6.45, 7) is 4.34. The molecule has 1 unspecified atom stereocenters. The van der Waals surface area contributed by atoms with Gasteiger partial charge in [-0.25, -0.2) is 0 Å². The maximum absolute atomic E-state index is 12.4. The molecule has 0 spiro atoms. The molecule has 0 radical (unpaired) electrons. The molecule has 0 bridgehead atoms. The Hall–Kier alpha value is -1.52. The molecule has 100 valence electrons. The fraction of sp³-hybridized carbons (Fsp3) is 0.692. The van der Waals surface area contributed by atoms with Crippen LogP contribution in [0.2, 0.25) is 0 Å². The molecule has 1 aromatic heterocycles. The van der Waals surface area contributed by atoms with Crippen LogP contribution in [-0.2, 0) is 11.8 Å². The number of rotatable bonds is 2. The first-order valence-corrected chi connectivity index (χ1v) is 6.50. The Morgan fingerprint density at radius 1 is 1.56 bits per heavy atom. The van der Waals surface area contributed by atoms with Crippen LogP contribution in [0, 0.1) is 11.3 Å². The lowest BCUT2D eigenvalue weighted by molar-refractivity contribution is -0.124. The smallest absolute Gasteiger partial charge is 0.229 e. The van der Waals surface area contributed by atoms with Gasteiger partial charge in [-0.3, -0.25) is 9.48 Å². The number of aryl methyl sites for hydroxylation is 1. The molecule has 0 aliphatic heterocycles. The van der Waals surface area contributed by atoms with Crippen LogP contribution in [0.25, 0.3) is 0 Å². The largest absolute Gasteiger partial charge is 0.394 e. The van der Waals surface area contributed by atoms with Crippen LogP contribution in [0.5, 0.6) is 0 Å². The monoisotopic (exact) mass is 250 g/mol. The zero-order valence-corrected chi connectivity index (χ0v) is 11.4. The number of nitrogen functional groups attached to an aromatic ring is 1. The first-order valence-electron chi connectivity index (χ1n) is 6.50. The molecule has 0 aromatic carbocycles. The number of nitrogens with one attached hydrogen (secondary N) is 1. The van der Waals surface area contributed by atoms with E-state index < -0.39 is 0 Å². The molecule has 1 heterocycles. The molecule has 1 fully saturated rings. The highest BCUT2D eigenvalue weighted by Gasteiger charge is 2.37. The summed E-state index contributed by atoms with van der Waals surface area (Å²) in [4.78, 5) is 12.4. The van der Waals surface area contributed by atoms with Gasteiger partial charge in [0.1, 0.15) is 0 Å². The fourth-order valence-electron chi connectivity index (χ4n) is 2.79. The van der Waals surface area contributed by atoms with Crippen molar-refractivity contribution in [3.05, 3.63) is 6.20 Å². The van der Waals surface area contributed by atoms with Crippen molar-refractivity contribution < 1.29 is 4.79 Å². The summed E-state index contributed by atoms with van der Waals surface area (Å²) < 4.78 is 1.60. The maximum atomic E-state index is 12.4. The lowest BCUT2D eigenvalue weighted by Gasteiger charge is -2.37. The Morgan fingerprint density at radius 2 is 2.28 bits per heavy atom. The van der Waals surface area contributed by atoms with Crippen LogP contribution in [0.1, 0.15) is 39.5 Å². The Kier molecular flexibility index (Phi) is 3.32. The van der Waals surface area contributed by atoms with Crippen molar-refractivity contribution in [3.8, 4) is 0 Å². The van der Waals surface area contributed by atoms with Crippen LogP contribution in [0.15, 0.2) is 6.20 Å². The third-order valence-corrected chi connectivity index (χ3v) is 4.03. The van der Waals surface area contributed by atoms with E-state index in [1.807, 2.05) is 0 Å². The van der Waals surface area contributed by atoms with E-state index in [0.717, 1.165) is 19.3 Å². The van der Waals surface area contributed by atoms with E-state index >= 15 is 0 Å². The second kappa shape index (κ2) is 4.63. The third-order valence-electron chi connectivity index (χ3n) is 4.03. The van der Waals surface area contributed by atoms with Crippen LogP contribution in [-0.4, -0.2) is 15.7 Å². The molecule has 1 saturated carbocycles. The summed E-state index contributed by atoms with van der Waals surface area (Å²) >= 11 is 0. The summed E-state index contributed by atoms with van der Waals surface area (Å²) in [5.74, 6) is 0.719. The number of aromatic nitrogens is 2. The molecule has 5 heteroatoms. The van der Waals surface area contributed by atoms with Gasteiger partial charge in [0.2, 0.25) is 5.91 Å². The van der Waals surface area contributed by atoms with Crippen molar-refractivity contribution in [2.45, 2.75) is 39.5 Å². The third kappa shape index (κ3) is 2.35. The fourth-order valence-corrected chi connectivity index (χ4v) is 2.79. The van der Waals surface area contributed by atoms with E-state index in [2.05, 4.69) is 24.3 Å². The predicted molar refractivity (Wildman–Crippen MR) is 72.0 cm³/mol. The molecule has 1 aliphatic carbocycles. The number of nitrogens with zero attached hydrogens (tertiary/aromatic N) is 2. The van der Waals surface area contributed by atoms with Crippen molar-refractivity contribution in [1.82, 2.24) is 9.78 Å². The van der Waals surface area contributed by atoms with Gasteiger partial charge < -0.3 is 11.1 Å². The maximum Gasteiger partial charge on any atom is 0.229 e. The van der Waals surface area contributed by atoms with Gasteiger partial charge in [-0.1, -0.05) is 26.7 Å². The van der Waals surface area contributed by atoms with Gasteiger partial charge in [0.25, 0.3) is 0 Å². The predicted octanol–water partition coefficient (Wildman–Crippen LogP) is 2.16. The van der Waals surface area contributed by atoms with Gasteiger partial charge in [0.15, 0.2) is 5.82 Å². The number of carbonyl (C=O) groups excluding carboxylic acids is 1. The van der Waals surface area contributed by atoms with Gasteiger partial charge >= 0.3 is 0 Å². The molecular formula is C13H22N4O. The summed E-state index contributed by atoms with van der Waals surface area (Å²) in [7, 11) is 1.78. The molecule has 1 amide bonds. The van der Waals surface area contributed by atoms with Gasteiger partial charge in [-0.05, 0) is 18.3 Å². The number of nitrogens with two attached hydrogens (primary N) is 1. The van der Waals surface area contributed by atoms with Crippen molar-refractivity contribution in [2.75, 3.05) is 11.1 Å². The Bertz CT molecular complexity index is 430. The molecule has 1 aromatic rings. The van der Waals surface area contributed by atoms with Crippen molar-refractivity contribution in [2.24, 2.45) is 18.4 Å². The standard InChI is InChI=1S/C13H22N4O/c1-13(2)7-5-4-6-9(13)12(18)16-11-10(14)8-15-17(11)3/h8-9H,4-7,14H2,1-3H3,(H,16,18). The highest BCUT2D eigenvalue weighted by atomic mass is 16.2. The van der Waals surface area contributed by atoms with E-state index in [1.54, 1.807) is 17.9 Å². The van der Waals surface area contributed by atoms with E-state index in [1.165, 1.54) is 6.42 Å². The van der Waals surface area contributed by atoms with Crippen molar-refractivity contribution in [1.29, 1.82) is 0 Å². The molecular weight excluding hydrogens is 228 g/mol. The van der Waals surface area contributed by atoms with E-state index in [9.17, 15) is 4.79 Å². The molecule has 1 aliphatic rings. The lowest BCUT2D eigenvalue weighted by atomic mass is 9.68. The summed E-state index contributed by atoms with van der Waals surface area (Å²) in [5.41, 5.74) is 6.37. The van der Waals surface area contributed by atoms with Crippen LogP contribution in [0.4, 0.5) is 11.5 Å². The van der Waals surface area contributed by atoms with Crippen LogP contribution >= 0.6 is 0 Å². The minimum absolute atomic E-state index is 0.0561. The van der Waals surface area contributed by atoms with Crippen molar-refractivity contribution in [3.63, 3.8) is 0 Å². The quantitative estimate of drug-likeness (QED) is 0.844. The number of carbonyl (C=O) groups is 1. The molecule has 2 rings (SSSR count). The zero-order valence-electron chi connectivity index (χ0n) is 11.4. The number of anilines is 2. The van der Waals surface area contributed by atoms with E-state index in [-0.39, 0.29) is 17.2 Å². The second-order valence-corrected chi connectivity index (χ2v) is 5.85. The van der Waals surface area contributed by atoms with Gasteiger partial charge in [0.05, 0.1) is 11.9 Å². The first kappa shape index (κ1) is 12.9. The second-order valence-electron chi connectivity index (χ2n) is 5.85.